The Bertz CT molecular complexity index is 1170. The van der Waals surface area contributed by atoms with E-state index in [-0.39, 0.29) is 12.1 Å². The molecule has 4 aromatic rings. The second-order valence-electron chi connectivity index (χ2n) is 7.11. The Morgan fingerprint density at radius 2 is 1.61 bits per heavy atom. The van der Waals surface area contributed by atoms with E-state index in [9.17, 15) is 4.79 Å². The van der Waals surface area contributed by atoms with Gasteiger partial charge in [0.25, 0.3) is 11.7 Å². The van der Waals surface area contributed by atoms with Gasteiger partial charge in [0, 0.05) is 16.6 Å². The molecule has 0 aliphatic carbocycles. The molecule has 136 valence electrons. The van der Waals surface area contributed by atoms with Gasteiger partial charge in [0.1, 0.15) is 11.1 Å². The first kappa shape index (κ1) is 16.5. The topological polar surface area (TPSA) is 46.5 Å². The zero-order valence-corrected chi connectivity index (χ0v) is 15.5. The molecule has 0 saturated heterocycles. The maximum Gasteiger partial charge on any atom is 0.287 e. The van der Waals surface area contributed by atoms with Crippen molar-refractivity contribution in [2.45, 2.75) is 13.1 Å². The Kier molecular flexibility index (Phi) is 3.83. The van der Waals surface area contributed by atoms with Crippen LogP contribution in [0.1, 0.15) is 27.7 Å². The Balaban J connectivity index is 1.70. The van der Waals surface area contributed by atoms with E-state index in [0.717, 1.165) is 28.0 Å². The van der Waals surface area contributed by atoms with E-state index in [1.165, 1.54) is 5.56 Å². The van der Waals surface area contributed by atoms with Crippen LogP contribution in [0.4, 0.5) is 11.5 Å². The lowest BCUT2D eigenvalue weighted by molar-refractivity contribution is -0.328. The number of H-pyrrole nitrogens is 1. The number of rotatable bonds is 2. The molecule has 3 aromatic carbocycles. The first-order valence-electron chi connectivity index (χ1n) is 9.37. The van der Waals surface area contributed by atoms with Crippen molar-refractivity contribution in [2.24, 2.45) is 0 Å². The number of carbonyl (C=O) groups is 1. The van der Waals surface area contributed by atoms with Crippen LogP contribution in [0.15, 0.2) is 84.9 Å². The second-order valence-corrected chi connectivity index (χ2v) is 7.11. The lowest BCUT2D eigenvalue weighted by Crippen LogP contribution is -2.45. The average Bonchev–Trinajstić information content (AvgIpc) is 2.74. The van der Waals surface area contributed by atoms with Gasteiger partial charge in [-0.15, -0.1) is 0 Å². The van der Waals surface area contributed by atoms with Gasteiger partial charge in [-0.2, -0.15) is 0 Å². The maximum atomic E-state index is 13.6. The number of hydrogen-bond acceptors (Lipinski definition) is 2. The summed E-state index contributed by atoms with van der Waals surface area (Å²) >= 11 is 0. The van der Waals surface area contributed by atoms with Gasteiger partial charge in [-0.05, 0) is 31.2 Å². The number of amides is 1. The van der Waals surface area contributed by atoms with Crippen LogP contribution < -0.4 is 15.2 Å². The molecular formula is C24H20N3O+. The molecule has 5 rings (SSSR count). The van der Waals surface area contributed by atoms with Crippen molar-refractivity contribution in [3.63, 3.8) is 0 Å². The van der Waals surface area contributed by atoms with Gasteiger partial charge < -0.3 is 0 Å². The molecule has 1 aliphatic heterocycles. The first-order chi connectivity index (χ1) is 13.7. The van der Waals surface area contributed by atoms with Crippen LogP contribution in [0.25, 0.3) is 10.9 Å². The summed E-state index contributed by atoms with van der Waals surface area (Å²) in [7, 11) is 0. The van der Waals surface area contributed by atoms with E-state index in [0.29, 0.717) is 5.56 Å². The number of fused-ring (bicyclic) bond motifs is 2. The molecule has 4 heteroatoms. The van der Waals surface area contributed by atoms with Crippen molar-refractivity contribution < 1.29 is 9.78 Å². The fraction of sp³-hybridized carbons (Fsp3) is 0.0833. The van der Waals surface area contributed by atoms with Gasteiger partial charge in [-0.25, -0.2) is 10.3 Å². The molecule has 1 atom stereocenters. The SMILES string of the molecule is Cc1ccc([C@H]2Nc3[nH+]c4ccccc4cc3C(=O)N2c2ccccc2)cc1. The molecule has 0 spiro atoms. The van der Waals surface area contributed by atoms with Crippen molar-refractivity contribution >= 4 is 28.3 Å². The van der Waals surface area contributed by atoms with Crippen LogP contribution in [0.2, 0.25) is 0 Å². The lowest BCUT2D eigenvalue weighted by atomic mass is 10.0. The Hall–Kier alpha value is -3.66. The fourth-order valence-electron chi connectivity index (χ4n) is 3.73. The molecule has 4 nitrogen and oxygen atoms in total. The second kappa shape index (κ2) is 6.50. The molecule has 0 bridgehead atoms. The summed E-state index contributed by atoms with van der Waals surface area (Å²) in [5.74, 6) is 0.731. The van der Waals surface area contributed by atoms with Gasteiger partial charge in [-0.3, -0.25) is 9.69 Å². The number of para-hydroxylation sites is 2. The largest absolute Gasteiger partial charge is 0.287 e. The van der Waals surface area contributed by atoms with Crippen molar-refractivity contribution in [2.75, 3.05) is 10.2 Å². The number of carbonyl (C=O) groups excluding carboxylic acids is 1. The number of benzene rings is 3. The van der Waals surface area contributed by atoms with E-state index >= 15 is 0 Å². The monoisotopic (exact) mass is 366 g/mol. The van der Waals surface area contributed by atoms with Crippen LogP contribution in [-0.2, 0) is 0 Å². The van der Waals surface area contributed by atoms with Gasteiger partial charge >= 0.3 is 0 Å². The van der Waals surface area contributed by atoms with E-state index in [4.69, 9.17) is 0 Å². The highest BCUT2D eigenvalue weighted by molar-refractivity contribution is 6.12. The fourth-order valence-corrected chi connectivity index (χ4v) is 3.73. The van der Waals surface area contributed by atoms with Gasteiger partial charge in [-0.1, -0.05) is 66.2 Å². The predicted molar refractivity (Wildman–Crippen MR) is 111 cm³/mol. The number of hydrogen-bond donors (Lipinski definition) is 1. The number of nitrogens with zero attached hydrogens (tertiary/aromatic N) is 1. The molecular weight excluding hydrogens is 346 g/mol. The highest BCUT2D eigenvalue weighted by Crippen LogP contribution is 2.35. The third kappa shape index (κ3) is 2.70. The summed E-state index contributed by atoms with van der Waals surface area (Å²) in [5.41, 5.74) is 4.73. The Morgan fingerprint density at radius 1 is 0.893 bits per heavy atom. The normalized spacial score (nSPS) is 16.0. The zero-order chi connectivity index (χ0) is 19.1. The molecule has 28 heavy (non-hydrogen) atoms. The summed E-state index contributed by atoms with van der Waals surface area (Å²) in [5, 5.41) is 4.57. The number of anilines is 2. The van der Waals surface area contributed by atoms with Gasteiger partial charge in [0.2, 0.25) is 6.17 Å². The van der Waals surface area contributed by atoms with E-state index in [2.05, 4.69) is 41.5 Å². The molecule has 0 saturated carbocycles. The smallest absolute Gasteiger partial charge is 0.268 e. The number of aromatic nitrogens is 1. The van der Waals surface area contributed by atoms with Gasteiger partial charge in [0.15, 0.2) is 0 Å². The number of nitrogens with one attached hydrogen (secondary N) is 2. The van der Waals surface area contributed by atoms with Crippen LogP contribution in [0.5, 0.6) is 0 Å². The zero-order valence-electron chi connectivity index (χ0n) is 15.5. The minimum atomic E-state index is -0.291. The minimum Gasteiger partial charge on any atom is -0.268 e. The quantitative estimate of drug-likeness (QED) is 0.557. The molecule has 0 unspecified atom stereocenters. The molecule has 1 amide bonds. The lowest BCUT2D eigenvalue weighted by Gasteiger charge is -2.33. The molecule has 0 fully saturated rings. The van der Waals surface area contributed by atoms with Gasteiger partial charge in [0.05, 0.1) is 0 Å². The Labute approximate surface area is 163 Å². The van der Waals surface area contributed by atoms with Crippen LogP contribution in [0.3, 0.4) is 0 Å². The highest BCUT2D eigenvalue weighted by atomic mass is 16.2. The highest BCUT2D eigenvalue weighted by Gasteiger charge is 2.39. The van der Waals surface area contributed by atoms with Crippen LogP contribution in [0, 0.1) is 6.92 Å². The predicted octanol–water partition coefficient (Wildman–Crippen LogP) is 4.73. The van der Waals surface area contributed by atoms with Crippen LogP contribution in [-0.4, -0.2) is 5.91 Å². The summed E-state index contributed by atoms with van der Waals surface area (Å²) in [6.07, 6.45) is -0.291. The summed E-state index contributed by atoms with van der Waals surface area (Å²) < 4.78 is 0. The molecule has 1 aliphatic rings. The number of pyridine rings is 1. The number of aromatic amines is 1. The molecule has 1 aromatic heterocycles. The third-order valence-electron chi connectivity index (χ3n) is 5.21. The summed E-state index contributed by atoms with van der Waals surface area (Å²) in [6.45, 7) is 2.06. The average molecular weight is 366 g/mol. The van der Waals surface area contributed by atoms with E-state index < -0.39 is 0 Å². The minimum absolute atomic E-state index is 0.0208. The van der Waals surface area contributed by atoms with Crippen LogP contribution >= 0.6 is 0 Å². The van der Waals surface area contributed by atoms with E-state index in [1.807, 2.05) is 65.6 Å². The Morgan fingerprint density at radius 3 is 2.39 bits per heavy atom. The summed E-state index contributed by atoms with van der Waals surface area (Å²) in [6, 6.07) is 28.1. The van der Waals surface area contributed by atoms with Crippen molar-refractivity contribution in [3.05, 3.63) is 102 Å². The van der Waals surface area contributed by atoms with Crippen molar-refractivity contribution in [3.8, 4) is 0 Å². The third-order valence-corrected chi connectivity index (χ3v) is 5.21. The summed E-state index contributed by atoms with van der Waals surface area (Å²) in [4.78, 5) is 18.8. The van der Waals surface area contributed by atoms with Crippen molar-refractivity contribution in [1.29, 1.82) is 0 Å². The molecule has 2 N–H and O–H groups in total. The van der Waals surface area contributed by atoms with E-state index in [1.54, 1.807) is 0 Å². The first-order valence-corrected chi connectivity index (χ1v) is 9.37. The number of aryl methyl sites for hydroxylation is 1. The standard InChI is InChI=1S/C24H19N3O/c1-16-11-13-17(14-12-16)23-26-22-20(15-18-7-5-6-10-21(18)25-22)24(28)27(23)19-8-3-2-4-9-19/h2-15,23H,1H3,(H,25,26)/p+1/t23-/m0/s1. The molecule has 0 radical (unpaired) electrons. The maximum absolute atomic E-state index is 13.6. The van der Waals surface area contributed by atoms with Crippen molar-refractivity contribution in [1.82, 2.24) is 0 Å². The molecule has 2 heterocycles.